The Morgan fingerprint density at radius 1 is 1.23 bits per heavy atom. The van der Waals surface area contributed by atoms with E-state index < -0.39 is 0 Å². The van der Waals surface area contributed by atoms with E-state index in [-0.39, 0.29) is 18.2 Å². The van der Waals surface area contributed by atoms with Gasteiger partial charge in [-0.15, -0.1) is 0 Å². The average Bonchev–Trinajstić information content (AvgIpc) is 2.54. The zero-order valence-electron chi connectivity index (χ0n) is 13.3. The second-order valence-electron chi connectivity index (χ2n) is 5.93. The maximum absolute atomic E-state index is 12.1. The number of hydrogen-bond acceptors (Lipinski definition) is 4. The highest BCUT2D eigenvalue weighted by Gasteiger charge is 2.23. The van der Waals surface area contributed by atoms with Crippen molar-refractivity contribution in [2.24, 2.45) is 5.92 Å². The molecule has 0 atom stereocenters. The SMILES string of the molecule is CC(C)CNC(=O)CC(=O)N1CCN(c2ccccn2)CC1. The van der Waals surface area contributed by atoms with E-state index in [2.05, 4.69) is 15.2 Å². The summed E-state index contributed by atoms with van der Waals surface area (Å²) in [7, 11) is 0. The summed E-state index contributed by atoms with van der Waals surface area (Å²) in [6, 6.07) is 5.81. The van der Waals surface area contributed by atoms with Crippen LogP contribution in [-0.4, -0.2) is 54.4 Å². The Bertz CT molecular complexity index is 496. The van der Waals surface area contributed by atoms with Gasteiger partial charge in [-0.2, -0.15) is 0 Å². The fourth-order valence-corrected chi connectivity index (χ4v) is 2.36. The molecule has 2 amide bonds. The van der Waals surface area contributed by atoms with Crippen molar-refractivity contribution < 1.29 is 9.59 Å². The van der Waals surface area contributed by atoms with Crippen molar-refractivity contribution in [3.05, 3.63) is 24.4 Å². The van der Waals surface area contributed by atoms with Gasteiger partial charge in [0.2, 0.25) is 11.8 Å². The average molecular weight is 304 g/mol. The fraction of sp³-hybridized carbons (Fsp3) is 0.562. The van der Waals surface area contributed by atoms with Crippen molar-refractivity contribution in [3.63, 3.8) is 0 Å². The van der Waals surface area contributed by atoms with Gasteiger partial charge in [0.25, 0.3) is 0 Å². The molecular formula is C16H24N4O2. The minimum absolute atomic E-state index is 0.0592. The van der Waals surface area contributed by atoms with E-state index in [1.807, 2.05) is 32.0 Å². The van der Waals surface area contributed by atoms with E-state index >= 15 is 0 Å². The van der Waals surface area contributed by atoms with E-state index in [0.29, 0.717) is 25.6 Å². The normalized spacial score (nSPS) is 15.0. The quantitative estimate of drug-likeness (QED) is 0.821. The number of carbonyl (C=O) groups is 2. The molecule has 6 nitrogen and oxygen atoms in total. The van der Waals surface area contributed by atoms with Crippen LogP contribution in [0.1, 0.15) is 20.3 Å². The van der Waals surface area contributed by atoms with Gasteiger partial charge < -0.3 is 15.1 Å². The molecule has 1 aliphatic heterocycles. The number of pyridine rings is 1. The number of rotatable bonds is 5. The summed E-state index contributed by atoms with van der Waals surface area (Å²) in [5.74, 6) is 1.04. The third-order valence-electron chi connectivity index (χ3n) is 3.62. The van der Waals surface area contributed by atoms with Crippen molar-refractivity contribution in [3.8, 4) is 0 Å². The molecule has 0 radical (unpaired) electrons. The Kier molecular flexibility index (Phi) is 5.75. The molecule has 1 fully saturated rings. The maximum atomic E-state index is 12.1. The van der Waals surface area contributed by atoms with Gasteiger partial charge in [0.1, 0.15) is 12.2 Å². The monoisotopic (exact) mass is 304 g/mol. The summed E-state index contributed by atoms with van der Waals surface area (Å²) in [5, 5.41) is 2.78. The molecule has 1 N–H and O–H groups in total. The van der Waals surface area contributed by atoms with Gasteiger partial charge in [-0.25, -0.2) is 4.98 Å². The maximum Gasteiger partial charge on any atom is 0.232 e. The number of amides is 2. The lowest BCUT2D eigenvalue weighted by Crippen LogP contribution is -2.49. The van der Waals surface area contributed by atoms with Gasteiger partial charge in [-0.1, -0.05) is 19.9 Å². The Morgan fingerprint density at radius 3 is 2.55 bits per heavy atom. The zero-order chi connectivity index (χ0) is 15.9. The summed E-state index contributed by atoms with van der Waals surface area (Å²) >= 11 is 0. The molecule has 0 bridgehead atoms. The van der Waals surface area contributed by atoms with Gasteiger partial charge in [0.15, 0.2) is 0 Å². The van der Waals surface area contributed by atoms with Gasteiger partial charge >= 0.3 is 0 Å². The molecule has 2 heterocycles. The molecule has 0 saturated carbocycles. The minimum Gasteiger partial charge on any atom is -0.355 e. The van der Waals surface area contributed by atoms with Crippen LogP contribution in [0.3, 0.4) is 0 Å². The van der Waals surface area contributed by atoms with E-state index in [0.717, 1.165) is 18.9 Å². The number of hydrogen-bond donors (Lipinski definition) is 1. The van der Waals surface area contributed by atoms with Gasteiger partial charge in [0.05, 0.1) is 0 Å². The summed E-state index contributed by atoms with van der Waals surface area (Å²) < 4.78 is 0. The molecule has 120 valence electrons. The van der Waals surface area contributed by atoms with Crippen LogP contribution in [0.5, 0.6) is 0 Å². The molecule has 1 saturated heterocycles. The highest BCUT2D eigenvalue weighted by Crippen LogP contribution is 2.12. The van der Waals surface area contributed by atoms with E-state index in [4.69, 9.17) is 0 Å². The van der Waals surface area contributed by atoms with Crippen molar-refractivity contribution in [2.45, 2.75) is 20.3 Å². The number of nitrogens with zero attached hydrogens (tertiary/aromatic N) is 3. The second kappa shape index (κ2) is 7.77. The van der Waals surface area contributed by atoms with Crippen LogP contribution in [-0.2, 0) is 9.59 Å². The zero-order valence-corrected chi connectivity index (χ0v) is 13.3. The van der Waals surface area contributed by atoms with Crippen LogP contribution in [0.25, 0.3) is 0 Å². The highest BCUT2D eigenvalue weighted by molar-refractivity contribution is 5.96. The number of carbonyl (C=O) groups excluding carboxylic acids is 2. The van der Waals surface area contributed by atoms with Gasteiger partial charge in [-0.05, 0) is 18.1 Å². The van der Waals surface area contributed by atoms with E-state index in [1.54, 1.807) is 11.1 Å². The Morgan fingerprint density at radius 2 is 1.95 bits per heavy atom. The summed E-state index contributed by atoms with van der Waals surface area (Å²) in [5.41, 5.74) is 0. The molecule has 0 aliphatic carbocycles. The first-order valence-electron chi connectivity index (χ1n) is 7.76. The second-order valence-corrected chi connectivity index (χ2v) is 5.93. The lowest BCUT2D eigenvalue weighted by molar-refractivity contribution is -0.136. The fourth-order valence-electron chi connectivity index (χ4n) is 2.36. The molecule has 22 heavy (non-hydrogen) atoms. The number of aromatic nitrogens is 1. The minimum atomic E-state index is -0.189. The third-order valence-corrected chi connectivity index (χ3v) is 3.62. The predicted octanol–water partition coefficient (Wildman–Crippen LogP) is 0.892. The Balaban J connectivity index is 1.76. The van der Waals surface area contributed by atoms with E-state index in [1.165, 1.54) is 0 Å². The number of nitrogens with one attached hydrogen (secondary N) is 1. The van der Waals surface area contributed by atoms with Crippen molar-refractivity contribution in [1.82, 2.24) is 15.2 Å². The molecule has 1 aliphatic rings. The first kappa shape index (κ1) is 16.3. The summed E-state index contributed by atoms with van der Waals surface area (Å²) in [6.07, 6.45) is 1.71. The van der Waals surface area contributed by atoms with Crippen LogP contribution >= 0.6 is 0 Å². The third kappa shape index (κ3) is 4.72. The molecule has 0 aromatic carbocycles. The van der Waals surface area contributed by atoms with Crippen molar-refractivity contribution in [1.29, 1.82) is 0 Å². The van der Waals surface area contributed by atoms with Crippen LogP contribution in [0.15, 0.2) is 24.4 Å². The van der Waals surface area contributed by atoms with Crippen molar-refractivity contribution in [2.75, 3.05) is 37.6 Å². The van der Waals surface area contributed by atoms with Crippen LogP contribution in [0.4, 0.5) is 5.82 Å². The lowest BCUT2D eigenvalue weighted by Gasteiger charge is -2.35. The van der Waals surface area contributed by atoms with Gasteiger partial charge in [-0.3, -0.25) is 9.59 Å². The highest BCUT2D eigenvalue weighted by atomic mass is 16.2. The number of piperazine rings is 1. The molecular weight excluding hydrogens is 280 g/mol. The Hall–Kier alpha value is -2.11. The Labute approximate surface area is 131 Å². The van der Waals surface area contributed by atoms with Crippen LogP contribution in [0.2, 0.25) is 0 Å². The lowest BCUT2D eigenvalue weighted by atomic mass is 10.2. The molecule has 1 aromatic heterocycles. The van der Waals surface area contributed by atoms with E-state index in [9.17, 15) is 9.59 Å². The topological polar surface area (TPSA) is 65.5 Å². The van der Waals surface area contributed by atoms with Gasteiger partial charge in [0, 0.05) is 38.9 Å². The largest absolute Gasteiger partial charge is 0.355 e. The van der Waals surface area contributed by atoms with Crippen LogP contribution in [0, 0.1) is 5.92 Å². The molecule has 0 spiro atoms. The molecule has 1 aromatic rings. The first-order valence-corrected chi connectivity index (χ1v) is 7.76. The standard InChI is InChI=1S/C16H24N4O2/c1-13(2)12-18-15(21)11-16(22)20-9-7-19(8-10-20)14-5-3-4-6-17-14/h3-6,13H,7-12H2,1-2H3,(H,18,21). The molecule has 0 unspecified atom stereocenters. The first-order chi connectivity index (χ1) is 10.6. The van der Waals surface area contributed by atoms with Crippen LogP contribution < -0.4 is 10.2 Å². The number of anilines is 1. The smallest absolute Gasteiger partial charge is 0.232 e. The predicted molar refractivity (Wildman–Crippen MR) is 85.5 cm³/mol. The summed E-state index contributed by atoms with van der Waals surface area (Å²) in [6.45, 7) is 7.42. The molecule has 2 rings (SSSR count). The summed E-state index contributed by atoms with van der Waals surface area (Å²) in [4.78, 5) is 32.1. The molecule has 6 heteroatoms. The van der Waals surface area contributed by atoms with Crippen molar-refractivity contribution >= 4 is 17.6 Å².